The molecule has 120 valence electrons. The number of ketones is 1. The zero-order valence-electron chi connectivity index (χ0n) is 12.9. The maximum Gasteiger partial charge on any atom is 0.193 e. The van der Waals surface area contributed by atoms with E-state index in [1.807, 2.05) is 0 Å². The van der Waals surface area contributed by atoms with E-state index in [1.165, 1.54) is 7.11 Å². The molecule has 0 saturated carbocycles. The Morgan fingerprint density at radius 2 is 1.65 bits per heavy atom. The Morgan fingerprint density at radius 3 is 2.22 bits per heavy atom. The highest BCUT2D eigenvalue weighted by Gasteiger charge is 2.12. The molecule has 0 unspecified atom stereocenters. The van der Waals surface area contributed by atoms with E-state index in [0.717, 1.165) is 0 Å². The van der Waals surface area contributed by atoms with Gasteiger partial charge in [0.2, 0.25) is 0 Å². The zero-order chi connectivity index (χ0) is 16.8. The summed E-state index contributed by atoms with van der Waals surface area (Å²) in [5.41, 5.74) is 7.28. The molecule has 2 aromatic carbocycles. The van der Waals surface area contributed by atoms with E-state index in [9.17, 15) is 4.79 Å². The maximum absolute atomic E-state index is 12.5. The smallest absolute Gasteiger partial charge is 0.193 e. The van der Waals surface area contributed by atoms with Crippen LogP contribution in [0.2, 0.25) is 0 Å². The lowest BCUT2D eigenvalue weighted by atomic mass is 10.0. The number of nitrogens with zero attached hydrogens (tertiary/aromatic N) is 1. The Balaban J connectivity index is 2.27. The van der Waals surface area contributed by atoms with Crippen LogP contribution in [-0.2, 0) is 0 Å². The molecule has 0 aromatic heterocycles. The highest BCUT2D eigenvalue weighted by Crippen LogP contribution is 2.28. The highest BCUT2D eigenvalue weighted by atomic mass is 35.5. The molecule has 0 amide bonds. The molecular formula is C17H17ClN2O3. The molecule has 0 radical (unpaired) electrons. The number of methoxy groups -OCH3 is 2. The molecule has 0 aliphatic carbocycles. The fourth-order valence-corrected chi connectivity index (χ4v) is 2.09. The van der Waals surface area contributed by atoms with Crippen molar-refractivity contribution in [3.8, 4) is 11.5 Å². The SMILES string of the molecule is COc1ccc(C(=O)c2ccc(N=C(N)CCl)cc2)cc1OC. The van der Waals surface area contributed by atoms with Crippen molar-refractivity contribution in [3.63, 3.8) is 0 Å². The van der Waals surface area contributed by atoms with E-state index in [0.29, 0.717) is 34.1 Å². The topological polar surface area (TPSA) is 73.9 Å². The van der Waals surface area contributed by atoms with E-state index in [4.69, 9.17) is 26.8 Å². The lowest BCUT2D eigenvalue weighted by Crippen LogP contribution is -2.12. The number of ether oxygens (including phenoxy) is 2. The monoisotopic (exact) mass is 332 g/mol. The predicted octanol–water partition coefficient (Wildman–Crippen LogP) is 3.16. The second-order valence-corrected chi connectivity index (χ2v) is 4.95. The molecule has 0 aliphatic heterocycles. The number of rotatable bonds is 6. The largest absolute Gasteiger partial charge is 0.493 e. The van der Waals surface area contributed by atoms with Crippen molar-refractivity contribution < 1.29 is 14.3 Å². The molecule has 0 spiro atoms. The average molecular weight is 333 g/mol. The van der Waals surface area contributed by atoms with E-state index in [1.54, 1.807) is 49.6 Å². The summed E-state index contributed by atoms with van der Waals surface area (Å²) in [4.78, 5) is 16.6. The first-order valence-electron chi connectivity index (χ1n) is 6.84. The zero-order valence-corrected chi connectivity index (χ0v) is 13.6. The first kappa shape index (κ1) is 16.8. The molecule has 0 bridgehead atoms. The van der Waals surface area contributed by atoms with Crippen molar-refractivity contribution in [1.82, 2.24) is 0 Å². The Hall–Kier alpha value is -2.53. The molecule has 0 atom stereocenters. The van der Waals surface area contributed by atoms with Gasteiger partial charge in [-0.05, 0) is 42.5 Å². The molecule has 2 rings (SSSR count). The number of hydrogen-bond acceptors (Lipinski definition) is 4. The number of aliphatic imine (C=N–C) groups is 1. The third-order valence-electron chi connectivity index (χ3n) is 3.18. The molecule has 0 saturated heterocycles. The highest BCUT2D eigenvalue weighted by molar-refractivity contribution is 6.28. The van der Waals surface area contributed by atoms with E-state index in [-0.39, 0.29) is 11.7 Å². The van der Waals surface area contributed by atoms with Gasteiger partial charge in [-0.1, -0.05) is 0 Å². The standard InChI is InChI=1S/C17H17ClN2O3/c1-22-14-8-5-12(9-15(14)23-2)17(21)11-3-6-13(7-4-11)20-16(19)10-18/h3-9H,10H2,1-2H3,(H2,19,20). The second kappa shape index (κ2) is 7.65. The van der Waals surface area contributed by atoms with Gasteiger partial charge in [0.1, 0.15) is 5.84 Å². The molecule has 2 aromatic rings. The minimum absolute atomic E-state index is 0.119. The van der Waals surface area contributed by atoms with Gasteiger partial charge >= 0.3 is 0 Å². The van der Waals surface area contributed by atoms with Crippen molar-refractivity contribution in [1.29, 1.82) is 0 Å². The first-order chi connectivity index (χ1) is 11.1. The Morgan fingerprint density at radius 1 is 1.04 bits per heavy atom. The normalized spacial score (nSPS) is 11.2. The lowest BCUT2D eigenvalue weighted by Gasteiger charge is -2.09. The van der Waals surface area contributed by atoms with Crippen LogP contribution in [0.25, 0.3) is 0 Å². The van der Waals surface area contributed by atoms with Crippen LogP contribution in [0.5, 0.6) is 11.5 Å². The number of nitrogens with two attached hydrogens (primary N) is 1. The molecule has 6 heteroatoms. The van der Waals surface area contributed by atoms with Crippen molar-refractivity contribution >= 4 is 28.9 Å². The third-order valence-corrected chi connectivity index (χ3v) is 3.46. The third kappa shape index (κ3) is 4.02. The summed E-state index contributed by atoms with van der Waals surface area (Å²) in [7, 11) is 3.07. The van der Waals surface area contributed by atoms with Crippen molar-refractivity contribution in [2.75, 3.05) is 20.1 Å². The number of benzene rings is 2. The summed E-state index contributed by atoms with van der Waals surface area (Å²) >= 11 is 5.58. The van der Waals surface area contributed by atoms with Gasteiger partial charge < -0.3 is 15.2 Å². The maximum atomic E-state index is 12.5. The molecule has 23 heavy (non-hydrogen) atoms. The fraction of sp³-hybridized carbons (Fsp3) is 0.176. The summed E-state index contributed by atoms with van der Waals surface area (Å²) in [6, 6.07) is 11.9. The average Bonchev–Trinajstić information content (AvgIpc) is 2.60. The van der Waals surface area contributed by atoms with Gasteiger partial charge in [-0.25, -0.2) is 4.99 Å². The van der Waals surface area contributed by atoms with Crippen LogP contribution in [0.15, 0.2) is 47.5 Å². The summed E-state index contributed by atoms with van der Waals surface area (Å²) in [5.74, 6) is 1.45. The number of carbonyl (C=O) groups is 1. The molecular weight excluding hydrogens is 316 g/mol. The minimum atomic E-state index is -0.119. The Kier molecular flexibility index (Phi) is 5.60. The van der Waals surface area contributed by atoms with Crippen LogP contribution in [-0.4, -0.2) is 31.7 Å². The quantitative estimate of drug-likeness (QED) is 0.381. The summed E-state index contributed by atoms with van der Waals surface area (Å²) in [5, 5.41) is 0. The van der Waals surface area contributed by atoms with Gasteiger partial charge in [0.25, 0.3) is 0 Å². The molecule has 0 fully saturated rings. The Bertz CT molecular complexity index is 727. The van der Waals surface area contributed by atoms with E-state index in [2.05, 4.69) is 4.99 Å². The first-order valence-corrected chi connectivity index (χ1v) is 7.38. The van der Waals surface area contributed by atoms with Crippen molar-refractivity contribution in [3.05, 3.63) is 53.6 Å². The number of carbonyl (C=O) groups excluding carboxylic acids is 1. The number of hydrogen-bond donors (Lipinski definition) is 1. The van der Waals surface area contributed by atoms with Crippen molar-refractivity contribution in [2.24, 2.45) is 10.7 Å². The van der Waals surface area contributed by atoms with Crippen LogP contribution in [0, 0.1) is 0 Å². The fourth-order valence-electron chi connectivity index (χ4n) is 2.03. The van der Waals surface area contributed by atoms with Crippen LogP contribution in [0.1, 0.15) is 15.9 Å². The number of amidine groups is 1. The molecule has 0 aliphatic rings. The van der Waals surface area contributed by atoms with Crippen LogP contribution >= 0.6 is 11.6 Å². The molecule has 2 N–H and O–H groups in total. The summed E-state index contributed by atoms with van der Waals surface area (Å²) in [6.45, 7) is 0. The molecule has 5 nitrogen and oxygen atoms in total. The summed E-state index contributed by atoms with van der Waals surface area (Å²) < 4.78 is 10.4. The van der Waals surface area contributed by atoms with Crippen LogP contribution in [0.4, 0.5) is 5.69 Å². The minimum Gasteiger partial charge on any atom is -0.493 e. The van der Waals surface area contributed by atoms with Crippen LogP contribution in [0.3, 0.4) is 0 Å². The van der Waals surface area contributed by atoms with E-state index >= 15 is 0 Å². The van der Waals surface area contributed by atoms with Gasteiger partial charge in [-0.15, -0.1) is 11.6 Å². The lowest BCUT2D eigenvalue weighted by molar-refractivity contribution is 0.103. The van der Waals surface area contributed by atoms with Gasteiger partial charge in [0, 0.05) is 11.1 Å². The van der Waals surface area contributed by atoms with Crippen LogP contribution < -0.4 is 15.2 Å². The van der Waals surface area contributed by atoms with Gasteiger partial charge in [0.15, 0.2) is 17.3 Å². The predicted molar refractivity (Wildman–Crippen MR) is 91.4 cm³/mol. The van der Waals surface area contributed by atoms with E-state index < -0.39 is 0 Å². The second-order valence-electron chi connectivity index (χ2n) is 4.68. The molecule has 0 heterocycles. The Labute approximate surface area is 139 Å². The van der Waals surface area contributed by atoms with Gasteiger partial charge in [-0.2, -0.15) is 0 Å². The van der Waals surface area contributed by atoms with Crippen molar-refractivity contribution in [2.45, 2.75) is 0 Å². The summed E-state index contributed by atoms with van der Waals surface area (Å²) in [6.07, 6.45) is 0. The number of alkyl halides is 1. The van der Waals surface area contributed by atoms with Gasteiger partial charge in [-0.3, -0.25) is 4.79 Å². The van der Waals surface area contributed by atoms with Gasteiger partial charge in [0.05, 0.1) is 25.8 Å². The number of halogens is 1.